The number of likely N-dealkylation sites (tertiary alicyclic amines) is 1. The van der Waals surface area contributed by atoms with Crippen molar-refractivity contribution in [1.82, 2.24) is 9.80 Å². The van der Waals surface area contributed by atoms with Crippen molar-refractivity contribution in [2.45, 2.75) is 45.3 Å². The van der Waals surface area contributed by atoms with E-state index in [4.69, 9.17) is 9.15 Å². The van der Waals surface area contributed by atoms with Gasteiger partial charge in [-0.3, -0.25) is 19.3 Å². The summed E-state index contributed by atoms with van der Waals surface area (Å²) in [5.74, 6) is -1.38. The Morgan fingerprint density at radius 3 is 2.42 bits per heavy atom. The van der Waals surface area contributed by atoms with Crippen LogP contribution >= 0.6 is 0 Å². The van der Waals surface area contributed by atoms with Crippen LogP contribution in [0.15, 0.2) is 41.0 Å². The first kappa shape index (κ1) is 20.8. The highest BCUT2D eigenvalue weighted by atomic mass is 16.5. The lowest BCUT2D eigenvalue weighted by Crippen LogP contribution is -2.40. The second kappa shape index (κ2) is 8.75. The molecule has 2 aliphatic heterocycles. The van der Waals surface area contributed by atoms with Gasteiger partial charge in [0.25, 0.3) is 17.7 Å². The number of benzene rings is 1. The molecule has 1 unspecified atom stereocenters. The zero-order valence-corrected chi connectivity index (χ0v) is 17.3. The van der Waals surface area contributed by atoms with Crippen LogP contribution in [0.5, 0.6) is 0 Å². The third-order valence-corrected chi connectivity index (χ3v) is 5.65. The van der Waals surface area contributed by atoms with Crippen LogP contribution in [0.1, 0.15) is 69.4 Å². The summed E-state index contributed by atoms with van der Waals surface area (Å²) < 4.78 is 10.6. The third kappa shape index (κ3) is 4.23. The lowest BCUT2D eigenvalue weighted by molar-refractivity contribution is -0.139. The number of imide groups is 1. The fourth-order valence-corrected chi connectivity index (χ4v) is 3.95. The molecule has 8 nitrogen and oxygen atoms in total. The Kier molecular flexibility index (Phi) is 5.88. The number of carbonyl (C=O) groups excluding carboxylic acids is 4. The van der Waals surface area contributed by atoms with E-state index >= 15 is 0 Å². The minimum atomic E-state index is -0.924. The van der Waals surface area contributed by atoms with Crippen molar-refractivity contribution in [3.63, 3.8) is 0 Å². The summed E-state index contributed by atoms with van der Waals surface area (Å²) in [5.41, 5.74) is 0.481. The van der Waals surface area contributed by atoms with Crippen molar-refractivity contribution in [2.75, 3.05) is 13.1 Å². The summed E-state index contributed by atoms with van der Waals surface area (Å²) in [6, 6.07) is 7.58. The maximum absolute atomic E-state index is 12.7. The van der Waals surface area contributed by atoms with Gasteiger partial charge in [0.15, 0.2) is 6.10 Å². The Labute approximate surface area is 179 Å². The molecule has 0 saturated carbocycles. The molecular formula is C23H24N2O6. The summed E-state index contributed by atoms with van der Waals surface area (Å²) in [4.78, 5) is 53.4. The molecule has 0 radical (unpaired) electrons. The van der Waals surface area contributed by atoms with Crippen LogP contribution in [-0.2, 0) is 16.1 Å². The van der Waals surface area contributed by atoms with E-state index in [1.54, 1.807) is 24.0 Å². The van der Waals surface area contributed by atoms with Gasteiger partial charge >= 0.3 is 5.97 Å². The Hall–Kier alpha value is -3.42. The highest BCUT2D eigenvalue weighted by Crippen LogP contribution is 2.26. The number of nitrogens with zero attached hydrogens (tertiary/aromatic N) is 2. The summed E-state index contributed by atoms with van der Waals surface area (Å²) in [7, 11) is 0. The second-order valence-corrected chi connectivity index (χ2v) is 7.82. The van der Waals surface area contributed by atoms with Crippen molar-refractivity contribution >= 4 is 23.7 Å². The molecule has 162 valence electrons. The molecule has 2 aliphatic rings. The highest BCUT2D eigenvalue weighted by Gasteiger charge is 2.37. The minimum absolute atomic E-state index is 0.0144. The van der Waals surface area contributed by atoms with Crippen LogP contribution in [-0.4, -0.2) is 52.7 Å². The Morgan fingerprint density at radius 1 is 1.03 bits per heavy atom. The molecular weight excluding hydrogens is 400 g/mol. The molecule has 4 rings (SSSR count). The fourth-order valence-electron chi connectivity index (χ4n) is 3.95. The standard InChI is InChI=1S/C23H24N2O6/c1-15(20(26)24-10-4-2-3-5-11-24)31-23(29)16-8-9-18-19(13-16)22(28)25(21(18)27)14-17-7-6-12-30-17/h6-9,12-13,15H,2-5,10-11,14H2,1H3. The second-order valence-electron chi connectivity index (χ2n) is 7.82. The van der Waals surface area contributed by atoms with Crippen molar-refractivity contribution < 1.29 is 28.3 Å². The molecule has 1 aromatic carbocycles. The maximum Gasteiger partial charge on any atom is 0.338 e. The van der Waals surface area contributed by atoms with Crippen LogP contribution in [0.25, 0.3) is 0 Å². The third-order valence-electron chi connectivity index (χ3n) is 5.65. The largest absolute Gasteiger partial charge is 0.467 e. The predicted octanol–water partition coefficient (Wildman–Crippen LogP) is 3.02. The number of fused-ring (bicyclic) bond motifs is 1. The number of hydrogen-bond acceptors (Lipinski definition) is 6. The lowest BCUT2D eigenvalue weighted by atomic mass is 10.1. The van der Waals surface area contributed by atoms with Gasteiger partial charge in [-0.15, -0.1) is 0 Å². The van der Waals surface area contributed by atoms with E-state index in [2.05, 4.69) is 0 Å². The number of amides is 3. The molecule has 0 bridgehead atoms. The molecule has 8 heteroatoms. The van der Waals surface area contributed by atoms with E-state index < -0.39 is 23.9 Å². The molecule has 0 spiro atoms. The molecule has 3 amide bonds. The zero-order valence-electron chi connectivity index (χ0n) is 17.3. The maximum atomic E-state index is 12.7. The van der Waals surface area contributed by atoms with Gasteiger partial charge in [0.1, 0.15) is 5.76 Å². The van der Waals surface area contributed by atoms with Gasteiger partial charge in [0.05, 0.1) is 29.5 Å². The minimum Gasteiger partial charge on any atom is -0.467 e. The van der Waals surface area contributed by atoms with Crippen molar-refractivity contribution in [1.29, 1.82) is 0 Å². The normalized spacial score (nSPS) is 17.3. The first-order valence-electron chi connectivity index (χ1n) is 10.5. The Balaban J connectivity index is 1.45. The molecule has 1 fully saturated rings. The molecule has 3 heterocycles. The smallest absolute Gasteiger partial charge is 0.338 e. The predicted molar refractivity (Wildman–Crippen MR) is 109 cm³/mol. The van der Waals surface area contributed by atoms with E-state index in [1.807, 2.05) is 0 Å². The van der Waals surface area contributed by atoms with Crippen LogP contribution in [0.4, 0.5) is 0 Å². The molecule has 31 heavy (non-hydrogen) atoms. The van der Waals surface area contributed by atoms with E-state index in [9.17, 15) is 19.2 Å². The molecule has 0 N–H and O–H groups in total. The summed E-state index contributed by atoms with van der Waals surface area (Å²) in [5, 5.41) is 0. The van der Waals surface area contributed by atoms with Crippen molar-refractivity contribution in [3.05, 3.63) is 59.0 Å². The zero-order chi connectivity index (χ0) is 22.0. The number of carbonyl (C=O) groups is 4. The number of rotatable bonds is 5. The molecule has 0 aliphatic carbocycles. The van der Waals surface area contributed by atoms with E-state index in [1.165, 1.54) is 24.5 Å². The van der Waals surface area contributed by atoms with Gasteiger partial charge in [-0.25, -0.2) is 4.79 Å². The number of furan rings is 1. The fraction of sp³-hybridized carbons (Fsp3) is 0.391. The van der Waals surface area contributed by atoms with Gasteiger partial charge in [-0.2, -0.15) is 0 Å². The van der Waals surface area contributed by atoms with Gasteiger partial charge in [-0.1, -0.05) is 12.8 Å². The molecule has 1 saturated heterocycles. The SMILES string of the molecule is CC(OC(=O)c1ccc2c(c1)C(=O)N(Cc1ccco1)C2=O)C(=O)N1CCCCCC1. The highest BCUT2D eigenvalue weighted by molar-refractivity contribution is 6.21. The molecule has 1 aromatic heterocycles. The summed E-state index contributed by atoms with van der Waals surface area (Å²) in [6.07, 6.45) is 4.62. The quantitative estimate of drug-likeness (QED) is 0.541. The van der Waals surface area contributed by atoms with Gasteiger partial charge in [0.2, 0.25) is 0 Å². The topological polar surface area (TPSA) is 97.1 Å². The Bertz CT molecular complexity index is 1010. The average Bonchev–Trinajstić information content (AvgIpc) is 3.25. The van der Waals surface area contributed by atoms with E-state index in [-0.39, 0.29) is 29.1 Å². The number of esters is 1. The van der Waals surface area contributed by atoms with Crippen molar-refractivity contribution in [2.24, 2.45) is 0 Å². The Morgan fingerprint density at radius 2 is 1.74 bits per heavy atom. The molecule has 2 aromatic rings. The average molecular weight is 424 g/mol. The monoisotopic (exact) mass is 424 g/mol. The lowest BCUT2D eigenvalue weighted by Gasteiger charge is -2.24. The van der Waals surface area contributed by atoms with Gasteiger partial charge in [-0.05, 0) is 50.1 Å². The van der Waals surface area contributed by atoms with E-state index in [0.29, 0.717) is 18.8 Å². The first-order chi connectivity index (χ1) is 15.0. The van der Waals surface area contributed by atoms with E-state index in [0.717, 1.165) is 30.6 Å². The van der Waals surface area contributed by atoms with Crippen LogP contribution < -0.4 is 0 Å². The van der Waals surface area contributed by atoms with Crippen LogP contribution in [0.3, 0.4) is 0 Å². The van der Waals surface area contributed by atoms with Crippen molar-refractivity contribution in [3.8, 4) is 0 Å². The summed E-state index contributed by atoms with van der Waals surface area (Å²) >= 11 is 0. The van der Waals surface area contributed by atoms with Crippen LogP contribution in [0.2, 0.25) is 0 Å². The summed E-state index contributed by atoms with van der Waals surface area (Å²) in [6.45, 7) is 2.90. The van der Waals surface area contributed by atoms with Gasteiger partial charge < -0.3 is 14.1 Å². The first-order valence-corrected chi connectivity index (χ1v) is 10.5. The number of hydrogen-bond donors (Lipinski definition) is 0. The van der Waals surface area contributed by atoms with Crippen LogP contribution in [0, 0.1) is 0 Å². The number of ether oxygens (including phenoxy) is 1. The molecule has 1 atom stereocenters. The van der Waals surface area contributed by atoms with Gasteiger partial charge in [0, 0.05) is 13.1 Å².